The van der Waals surface area contributed by atoms with Gasteiger partial charge in [0.15, 0.2) is 0 Å². The van der Waals surface area contributed by atoms with Crippen LogP contribution >= 0.6 is 15.9 Å². The predicted octanol–water partition coefficient (Wildman–Crippen LogP) is 3.30. The number of amides is 1. The standard InChI is InChI=1S/C18H22BrN3O/c1-21-14-7-3-2-6-12(14)16(19)17(21)18(23)20-13-9-11-22-10-5-4-8-15(13)22/h2-3,6-7,13,15H,4-5,8-11H2,1H3,(H,20,23). The van der Waals surface area contributed by atoms with Crippen molar-refractivity contribution in [1.82, 2.24) is 14.8 Å². The van der Waals surface area contributed by atoms with Gasteiger partial charge in [-0.1, -0.05) is 24.6 Å². The number of benzene rings is 1. The summed E-state index contributed by atoms with van der Waals surface area (Å²) < 4.78 is 2.88. The van der Waals surface area contributed by atoms with Gasteiger partial charge in [-0.3, -0.25) is 9.69 Å². The number of para-hydroxylation sites is 1. The van der Waals surface area contributed by atoms with E-state index < -0.39 is 0 Å². The molecule has 2 unspecified atom stereocenters. The summed E-state index contributed by atoms with van der Waals surface area (Å²) in [5.74, 6) is 0.0352. The highest BCUT2D eigenvalue weighted by Crippen LogP contribution is 2.31. The Morgan fingerprint density at radius 3 is 2.87 bits per heavy atom. The van der Waals surface area contributed by atoms with Crippen molar-refractivity contribution in [1.29, 1.82) is 0 Å². The zero-order valence-electron chi connectivity index (χ0n) is 13.4. The van der Waals surface area contributed by atoms with Crippen molar-refractivity contribution >= 4 is 32.7 Å². The number of carbonyl (C=O) groups excluding carboxylic acids is 1. The van der Waals surface area contributed by atoms with Crippen molar-refractivity contribution in [2.24, 2.45) is 7.05 Å². The largest absolute Gasteiger partial charge is 0.346 e. The molecule has 0 saturated carbocycles. The maximum atomic E-state index is 12.9. The molecule has 5 heteroatoms. The Balaban J connectivity index is 1.60. The average Bonchev–Trinajstić information content (AvgIpc) is 3.08. The number of nitrogens with one attached hydrogen (secondary N) is 1. The summed E-state index contributed by atoms with van der Waals surface area (Å²) >= 11 is 3.63. The van der Waals surface area contributed by atoms with E-state index in [2.05, 4.69) is 38.3 Å². The lowest BCUT2D eigenvalue weighted by atomic mass is 9.99. The molecule has 1 N–H and O–H groups in total. The van der Waals surface area contributed by atoms with E-state index in [0.29, 0.717) is 6.04 Å². The molecule has 122 valence electrons. The number of halogens is 1. The van der Waals surface area contributed by atoms with Crippen LogP contribution in [0.4, 0.5) is 0 Å². The minimum atomic E-state index is 0.0352. The predicted molar refractivity (Wildman–Crippen MR) is 95.7 cm³/mol. The van der Waals surface area contributed by atoms with Gasteiger partial charge in [0.25, 0.3) is 5.91 Å². The van der Waals surface area contributed by atoms with Gasteiger partial charge in [0.05, 0.1) is 4.47 Å². The quantitative estimate of drug-likeness (QED) is 0.874. The fourth-order valence-electron chi connectivity index (χ4n) is 4.25. The Labute approximate surface area is 145 Å². The van der Waals surface area contributed by atoms with E-state index in [9.17, 15) is 4.79 Å². The second kappa shape index (κ2) is 5.95. The molecule has 1 aromatic heterocycles. The highest BCUT2D eigenvalue weighted by atomic mass is 79.9. The van der Waals surface area contributed by atoms with Gasteiger partial charge in [-0.2, -0.15) is 0 Å². The Morgan fingerprint density at radius 1 is 1.22 bits per heavy atom. The number of nitrogens with zero attached hydrogens (tertiary/aromatic N) is 2. The first-order chi connectivity index (χ1) is 11.2. The lowest BCUT2D eigenvalue weighted by molar-refractivity contribution is 0.0906. The maximum Gasteiger partial charge on any atom is 0.269 e. The molecule has 2 aromatic rings. The summed E-state index contributed by atoms with van der Waals surface area (Å²) in [7, 11) is 1.96. The lowest BCUT2D eigenvalue weighted by Crippen LogP contribution is -2.47. The molecule has 1 amide bonds. The number of aromatic nitrogens is 1. The topological polar surface area (TPSA) is 37.3 Å². The minimum Gasteiger partial charge on any atom is -0.346 e. The first-order valence-corrected chi connectivity index (χ1v) is 9.24. The van der Waals surface area contributed by atoms with E-state index >= 15 is 0 Å². The third kappa shape index (κ3) is 2.50. The lowest BCUT2D eigenvalue weighted by Gasteiger charge is -2.32. The summed E-state index contributed by atoms with van der Waals surface area (Å²) in [5, 5.41) is 4.39. The fourth-order valence-corrected chi connectivity index (χ4v) is 5.03. The van der Waals surface area contributed by atoms with Crippen molar-refractivity contribution in [2.75, 3.05) is 13.1 Å². The normalized spacial score (nSPS) is 24.8. The van der Waals surface area contributed by atoms with E-state index in [0.717, 1.165) is 34.0 Å². The van der Waals surface area contributed by atoms with E-state index in [-0.39, 0.29) is 11.9 Å². The Bertz CT molecular complexity index is 715. The molecular formula is C18H22BrN3O. The van der Waals surface area contributed by atoms with Crippen LogP contribution in [0.5, 0.6) is 0 Å². The van der Waals surface area contributed by atoms with E-state index in [4.69, 9.17) is 0 Å². The van der Waals surface area contributed by atoms with Crippen LogP contribution in [0.3, 0.4) is 0 Å². The number of fused-ring (bicyclic) bond motifs is 2. The summed E-state index contributed by atoms with van der Waals surface area (Å²) in [6.07, 6.45) is 4.86. The number of carbonyl (C=O) groups is 1. The van der Waals surface area contributed by atoms with Gasteiger partial charge in [-0.25, -0.2) is 0 Å². The van der Waals surface area contributed by atoms with Crippen LogP contribution in [0.15, 0.2) is 28.7 Å². The van der Waals surface area contributed by atoms with Gasteiger partial charge in [0.1, 0.15) is 5.69 Å². The molecule has 0 bridgehead atoms. The first-order valence-electron chi connectivity index (χ1n) is 8.44. The molecule has 3 heterocycles. The molecule has 2 aliphatic rings. The molecule has 0 aliphatic carbocycles. The van der Waals surface area contributed by atoms with E-state index in [1.54, 1.807) is 0 Å². The molecule has 4 rings (SSSR count). The molecule has 23 heavy (non-hydrogen) atoms. The van der Waals surface area contributed by atoms with Gasteiger partial charge in [-0.05, 0) is 47.8 Å². The average molecular weight is 376 g/mol. The molecule has 2 saturated heterocycles. The van der Waals surface area contributed by atoms with E-state index in [1.807, 2.05) is 23.7 Å². The number of aryl methyl sites for hydroxylation is 1. The summed E-state index contributed by atoms with van der Waals surface area (Å²) in [5.41, 5.74) is 1.80. The third-order valence-electron chi connectivity index (χ3n) is 5.43. The Morgan fingerprint density at radius 2 is 2.04 bits per heavy atom. The summed E-state index contributed by atoms with van der Waals surface area (Å²) in [4.78, 5) is 15.5. The van der Waals surface area contributed by atoms with Gasteiger partial charge in [-0.15, -0.1) is 0 Å². The number of rotatable bonds is 2. The van der Waals surface area contributed by atoms with Crippen molar-refractivity contribution < 1.29 is 4.79 Å². The van der Waals surface area contributed by atoms with Crippen LogP contribution in [0.2, 0.25) is 0 Å². The number of hydrogen-bond acceptors (Lipinski definition) is 2. The Hall–Kier alpha value is -1.33. The van der Waals surface area contributed by atoms with Gasteiger partial charge in [0, 0.05) is 36.6 Å². The van der Waals surface area contributed by atoms with Crippen molar-refractivity contribution in [3.05, 3.63) is 34.4 Å². The molecule has 2 fully saturated rings. The molecular weight excluding hydrogens is 354 g/mol. The van der Waals surface area contributed by atoms with Crippen LogP contribution in [-0.4, -0.2) is 40.5 Å². The highest BCUT2D eigenvalue weighted by molar-refractivity contribution is 9.10. The van der Waals surface area contributed by atoms with Crippen LogP contribution in [0, 0.1) is 0 Å². The fraction of sp³-hybridized carbons (Fsp3) is 0.500. The number of hydrogen-bond donors (Lipinski definition) is 1. The first kappa shape index (κ1) is 15.2. The number of piperidine rings is 1. The van der Waals surface area contributed by atoms with Crippen molar-refractivity contribution in [3.8, 4) is 0 Å². The molecule has 0 radical (unpaired) electrons. The summed E-state index contributed by atoms with van der Waals surface area (Å²) in [6.45, 7) is 2.31. The van der Waals surface area contributed by atoms with Crippen LogP contribution in [-0.2, 0) is 7.05 Å². The van der Waals surface area contributed by atoms with Crippen LogP contribution in [0.25, 0.3) is 10.9 Å². The molecule has 0 spiro atoms. The van der Waals surface area contributed by atoms with Gasteiger partial charge >= 0.3 is 0 Å². The minimum absolute atomic E-state index is 0.0352. The monoisotopic (exact) mass is 375 g/mol. The molecule has 2 aliphatic heterocycles. The smallest absolute Gasteiger partial charge is 0.269 e. The van der Waals surface area contributed by atoms with Crippen LogP contribution < -0.4 is 5.32 Å². The second-order valence-corrected chi connectivity index (χ2v) is 7.50. The Kier molecular flexibility index (Phi) is 3.93. The second-order valence-electron chi connectivity index (χ2n) is 6.71. The molecule has 4 nitrogen and oxygen atoms in total. The molecule has 2 atom stereocenters. The zero-order valence-corrected chi connectivity index (χ0v) is 15.0. The third-order valence-corrected chi connectivity index (χ3v) is 6.24. The van der Waals surface area contributed by atoms with Crippen molar-refractivity contribution in [3.63, 3.8) is 0 Å². The van der Waals surface area contributed by atoms with Crippen molar-refractivity contribution in [2.45, 2.75) is 37.8 Å². The summed E-state index contributed by atoms with van der Waals surface area (Å²) in [6, 6.07) is 8.93. The SMILES string of the molecule is Cn1c(C(=O)NC2CCN3CCCCC23)c(Br)c2ccccc21. The van der Waals surface area contributed by atoms with Gasteiger partial charge in [0.2, 0.25) is 0 Å². The van der Waals surface area contributed by atoms with Crippen LogP contribution in [0.1, 0.15) is 36.2 Å². The van der Waals surface area contributed by atoms with Gasteiger partial charge < -0.3 is 9.88 Å². The molecule has 1 aromatic carbocycles. The van der Waals surface area contributed by atoms with E-state index in [1.165, 1.54) is 25.8 Å². The zero-order chi connectivity index (χ0) is 16.0. The maximum absolute atomic E-state index is 12.9. The highest BCUT2D eigenvalue weighted by Gasteiger charge is 2.36.